The van der Waals surface area contributed by atoms with E-state index in [1.165, 1.54) is 12.1 Å². The van der Waals surface area contributed by atoms with Crippen molar-refractivity contribution in [1.82, 2.24) is 15.1 Å². The zero-order valence-corrected chi connectivity index (χ0v) is 15.1. The average Bonchev–Trinajstić information content (AvgIpc) is 3.18. The van der Waals surface area contributed by atoms with Crippen LogP contribution in [0.2, 0.25) is 0 Å². The zero-order valence-electron chi connectivity index (χ0n) is 15.1. The quantitative estimate of drug-likeness (QED) is 0.742. The summed E-state index contributed by atoms with van der Waals surface area (Å²) in [5, 5.41) is 7.00. The Morgan fingerprint density at radius 3 is 2.71 bits per heavy atom. The highest BCUT2D eigenvalue weighted by molar-refractivity contribution is 5.95. The second kappa shape index (κ2) is 7.64. The number of carbonyl (C=O) groups excluding carboxylic acids is 2. The monoisotopic (exact) mass is 378 g/mol. The fourth-order valence-electron chi connectivity index (χ4n) is 3.24. The first-order valence-corrected chi connectivity index (χ1v) is 9.04. The smallest absolute Gasteiger partial charge is 0.251 e. The van der Waals surface area contributed by atoms with E-state index < -0.39 is 0 Å². The van der Waals surface area contributed by atoms with Gasteiger partial charge in [0.1, 0.15) is 11.6 Å². The van der Waals surface area contributed by atoms with Gasteiger partial charge in [0.15, 0.2) is 0 Å². The van der Waals surface area contributed by atoms with Gasteiger partial charge in [0.05, 0.1) is 19.3 Å². The number of carbonyl (C=O) groups is 2. The molecule has 0 saturated carbocycles. The van der Waals surface area contributed by atoms with E-state index in [9.17, 15) is 14.0 Å². The lowest BCUT2D eigenvalue weighted by molar-refractivity contribution is -0.119. The molecule has 1 aliphatic rings. The highest BCUT2D eigenvalue weighted by Crippen LogP contribution is 2.23. The molecule has 1 aromatic heterocycles. The van der Waals surface area contributed by atoms with Crippen LogP contribution in [0, 0.1) is 5.82 Å². The summed E-state index contributed by atoms with van der Waals surface area (Å²) in [7, 11) is 0. The van der Waals surface area contributed by atoms with Crippen molar-refractivity contribution < 1.29 is 14.0 Å². The number of halogens is 1. The van der Waals surface area contributed by atoms with Crippen LogP contribution in [0.25, 0.3) is 0 Å². The van der Waals surface area contributed by atoms with Gasteiger partial charge in [-0.2, -0.15) is 5.10 Å². The molecule has 0 spiro atoms. The van der Waals surface area contributed by atoms with Crippen molar-refractivity contribution >= 4 is 17.6 Å². The molecule has 2 aromatic carbocycles. The maximum absolute atomic E-state index is 13.2. The molecule has 3 aromatic rings. The van der Waals surface area contributed by atoms with Crippen LogP contribution in [0.4, 0.5) is 10.2 Å². The van der Waals surface area contributed by atoms with Crippen LogP contribution in [0.15, 0.2) is 60.8 Å². The van der Waals surface area contributed by atoms with E-state index in [2.05, 4.69) is 10.4 Å². The lowest BCUT2D eigenvalue weighted by atomic mass is 10.1. The van der Waals surface area contributed by atoms with E-state index in [1.807, 2.05) is 22.9 Å². The van der Waals surface area contributed by atoms with Gasteiger partial charge >= 0.3 is 0 Å². The molecule has 2 amide bonds. The molecule has 142 valence electrons. The van der Waals surface area contributed by atoms with Gasteiger partial charge in [-0.05, 0) is 35.4 Å². The Labute approximate surface area is 161 Å². The number of hydrogen-bond acceptors (Lipinski definition) is 3. The van der Waals surface area contributed by atoms with Crippen molar-refractivity contribution in [3.63, 3.8) is 0 Å². The predicted molar refractivity (Wildman–Crippen MR) is 102 cm³/mol. The third-order valence-electron chi connectivity index (χ3n) is 4.71. The molecule has 0 unspecified atom stereocenters. The minimum atomic E-state index is -0.329. The molecule has 28 heavy (non-hydrogen) atoms. The minimum Gasteiger partial charge on any atom is -0.348 e. The highest BCUT2D eigenvalue weighted by Gasteiger charge is 2.24. The van der Waals surface area contributed by atoms with Crippen LogP contribution in [-0.2, 0) is 24.4 Å². The number of aromatic nitrogens is 2. The van der Waals surface area contributed by atoms with Gasteiger partial charge in [0, 0.05) is 24.6 Å². The van der Waals surface area contributed by atoms with Crippen LogP contribution in [0.1, 0.15) is 27.9 Å². The van der Waals surface area contributed by atoms with Crippen molar-refractivity contribution in [2.45, 2.75) is 26.1 Å². The number of nitrogens with one attached hydrogen (secondary N) is 1. The van der Waals surface area contributed by atoms with Gasteiger partial charge in [-0.15, -0.1) is 0 Å². The first-order valence-electron chi connectivity index (χ1n) is 9.04. The molecule has 0 aliphatic carbocycles. The molecule has 4 rings (SSSR count). The number of anilines is 1. The largest absolute Gasteiger partial charge is 0.348 e. The molecule has 1 N–H and O–H groups in total. The molecule has 0 saturated heterocycles. The van der Waals surface area contributed by atoms with Gasteiger partial charge in [-0.3, -0.25) is 14.5 Å². The van der Waals surface area contributed by atoms with Crippen LogP contribution >= 0.6 is 0 Å². The Morgan fingerprint density at radius 1 is 1.11 bits per heavy atom. The third-order valence-corrected chi connectivity index (χ3v) is 4.71. The Morgan fingerprint density at radius 2 is 1.93 bits per heavy atom. The standard InChI is InChI=1S/C21H19FN4O2/c22-18-3-1-2-16(12-18)13-23-21(28)17-6-4-15(5-7-17)14-25-19-8-10-24-26(19)11-9-20(25)27/h1-8,10,12H,9,11,13-14H2,(H,23,28). The number of rotatable bonds is 5. The third kappa shape index (κ3) is 3.78. The summed E-state index contributed by atoms with van der Waals surface area (Å²) in [6.07, 6.45) is 2.11. The van der Waals surface area contributed by atoms with Gasteiger partial charge in [-0.1, -0.05) is 24.3 Å². The maximum atomic E-state index is 13.2. The van der Waals surface area contributed by atoms with Crippen molar-refractivity contribution in [1.29, 1.82) is 0 Å². The van der Waals surface area contributed by atoms with Crippen LogP contribution < -0.4 is 10.2 Å². The lowest BCUT2D eigenvalue weighted by Crippen LogP contribution is -2.36. The number of amides is 2. The van der Waals surface area contributed by atoms with Gasteiger partial charge in [0.2, 0.25) is 5.91 Å². The number of fused-ring (bicyclic) bond motifs is 1. The summed E-state index contributed by atoms with van der Waals surface area (Å²) in [6, 6.07) is 15.1. The Hall–Kier alpha value is -3.48. The summed E-state index contributed by atoms with van der Waals surface area (Å²) in [5.41, 5.74) is 2.13. The molecular formula is C21H19FN4O2. The first-order chi connectivity index (χ1) is 13.6. The second-order valence-electron chi connectivity index (χ2n) is 6.65. The molecule has 6 nitrogen and oxygen atoms in total. The van der Waals surface area contributed by atoms with Crippen LogP contribution in [0.3, 0.4) is 0 Å². The van der Waals surface area contributed by atoms with E-state index in [0.717, 1.165) is 11.4 Å². The average molecular weight is 378 g/mol. The summed E-state index contributed by atoms with van der Waals surface area (Å²) in [4.78, 5) is 26.3. The molecule has 0 atom stereocenters. The molecule has 1 aliphatic heterocycles. The normalized spacial score (nSPS) is 13.3. The molecular weight excluding hydrogens is 359 g/mol. The van der Waals surface area contributed by atoms with Gasteiger partial charge < -0.3 is 5.32 Å². The fourth-order valence-corrected chi connectivity index (χ4v) is 3.24. The summed E-state index contributed by atoms with van der Waals surface area (Å²) >= 11 is 0. The highest BCUT2D eigenvalue weighted by atomic mass is 19.1. The number of benzene rings is 2. The molecule has 7 heteroatoms. The van der Waals surface area contributed by atoms with Crippen LogP contribution in [-0.4, -0.2) is 21.6 Å². The Bertz CT molecular complexity index is 1010. The van der Waals surface area contributed by atoms with Gasteiger partial charge in [0.25, 0.3) is 5.91 Å². The molecule has 0 bridgehead atoms. The summed E-state index contributed by atoms with van der Waals surface area (Å²) in [5.74, 6) is 0.283. The van der Waals surface area contributed by atoms with E-state index in [-0.39, 0.29) is 24.2 Å². The van der Waals surface area contributed by atoms with E-state index in [0.29, 0.717) is 30.6 Å². The molecule has 0 fully saturated rings. The lowest BCUT2D eigenvalue weighted by Gasteiger charge is -2.27. The Kier molecular flexibility index (Phi) is 4.89. The fraction of sp³-hybridized carbons (Fsp3) is 0.190. The second-order valence-corrected chi connectivity index (χ2v) is 6.65. The topological polar surface area (TPSA) is 67.2 Å². The van der Waals surface area contributed by atoms with Crippen molar-refractivity contribution in [2.75, 3.05) is 4.90 Å². The van der Waals surface area contributed by atoms with E-state index in [1.54, 1.807) is 35.4 Å². The van der Waals surface area contributed by atoms with Crippen molar-refractivity contribution in [3.8, 4) is 0 Å². The molecule has 0 radical (unpaired) electrons. The van der Waals surface area contributed by atoms with Crippen LogP contribution in [0.5, 0.6) is 0 Å². The molecule has 2 heterocycles. The predicted octanol–water partition coefficient (Wildman–Crippen LogP) is 2.89. The summed E-state index contributed by atoms with van der Waals surface area (Å²) in [6.45, 7) is 1.28. The first kappa shape index (κ1) is 17.9. The maximum Gasteiger partial charge on any atom is 0.251 e. The van der Waals surface area contributed by atoms with E-state index >= 15 is 0 Å². The zero-order chi connectivity index (χ0) is 19.5. The number of nitrogens with zero attached hydrogens (tertiary/aromatic N) is 3. The van der Waals surface area contributed by atoms with Crippen molar-refractivity contribution in [2.24, 2.45) is 0 Å². The summed E-state index contributed by atoms with van der Waals surface area (Å²) < 4.78 is 15.0. The van der Waals surface area contributed by atoms with E-state index in [4.69, 9.17) is 0 Å². The number of aryl methyl sites for hydroxylation is 1. The minimum absolute atomic E-state index is 0.0601. The van der Waals surface area contributed by atoms with Gasteiger partial charge in [-0.25, -0.2) is 9.07 Å². The Balaban J connectivity index is 1.40. The number of hydrogen-bond donors (Lipinski definition) is 1. The van der Waals surface area contributed by atoms with Crippen molar-refractivity contribution in [3.05, 3.63) is 83.3 Å². The SMILES string of the molecule is O=C(NCc1cccc(F)c1)c1ccc(CN2C(=O)CCn3nccc32)cc1.